The maximum Gasteiger partial charge on any atom is 0.295 e. The van der Waals surface area contributed by atoms with E-state index in [4.69, 9.17) is 21.1 Å². The first kappa shape index (κ1) is 26.3. The molecule has 1 amide bonds. The van der Waals surface area contributed by atoms with Crippen LogP contribution in [0.15, 0.2) is 72.3 Å². The fourth-order valence-electron chi connectivity index (χ4n) is 4.53. The lowest BCUT2D eigenvalue weighted by Crippen LogP contribution is -2.29. The lowest BCUT2D eigenvalue weighted by molar-refractivity contribution is -0.140. The summed E-state index contributed by atoms with van der Waals surface area (Å²) in [6.45, 7) is 6.49. The number of amides is 1. The van der Waals surface area contributed by atoms with E-state index in [0.717, 1.165) is 11.1 Å². The van der Waals surface area contributed by atoms with Gasteiger partial charge in [-0.15, -0.1) is 0 Å². The van der Waals surface area contributed by atoms with Crippen molar-refractivity contribution in [2.75, 3.05) is 14.2 Å². The first-order chi connectivity index (χ1) is 17.5. The number of ketones is 1. The van der Waals surface area contributed by atoms with Crippen LogP contribution in [0.1, 0.15) is 49.1 Å². The van der Waals surface area contributed by atoms with Crippen molar-refractivity contribution in [2.24, 2.45) is 0 Å². The summed E-state index contributed by atoms with van der Waals surface area (Å²) in [6.07, 6.45) is 0. The Kier molecular flexibility index (Phi) is 7.32. The van der Waals surface area contributed by atoms with Crippen LogP contribution in [0.5, 0.6) is 11.5 Å². The van der Waals surface area contributed by atoms with Crippen LogP contribution in [-0.2, 0) is 21.5 Å². The normalized spacial score (nSPS) is 17.2. The van der Waals surface area contributed by atoms with Crippen molar-refractivity contribution in [1.82, 2.24) is 4.90 Å². The molecule has 6 nitrogen and oxygen atoms in total. The largest absolute Gasteiger partial charge is 0.507 e. The molecule has 0 radical (unpaired) electrons. The number of Topliss-reactive ketones (excluding diaryl/α,β-unsaturated/α-hetero) is 1. The number of hydrogen-bond donors (Lipinski definition) is 1. The van der Waals surface area contributed by atoms with Crippen LogP contribution in [0.2, 0.25) is 5.02 Å². The van der Waals surface area contributed by atoms with Crippen molar-refractivity contribution in [3.8, 4) is 11.5 Å². The summed E-state index contributed by atoms with van der Waals surface area (Å²) in [5.41, 5.74) is 2.76. The maximum atomic E-state index is 13.4. The fourth-order valence-corrected chi connectivity index (χ4v) is 4.71. The number of carbonyl (C=O) groups excluding carboxylic acids is 2. The minimum absolute atomic E-state index is 0.0167. The summed E-state index contributed by atoms with van der Waals surface area (Å²) in [7, 11) is 3.03. The molecule has 0 aromatic heterocycles. The summed E-state index contributed by atoms with van der Waals surface area (Å²) in [5, 5.41) is 11.8. The second-order valence-electron chi connectivity index (χ2n) is 10.00. The quantitative estimate of drug-likeness (QED) is 0.236. The van der Waals surface area contributed by atoms with Crippen molar-refractivity contribution in [3.05, 3.63) is 99.6 Å². The van der Waals surface area contributed by atoms with Crippen molar-refractivity contribution in [1.29, 1.82) is 0 Å². The fraction of sp³-hybridized carbons (Fsp3) is 0.267. The van der Waals surface area contributed by atoms with Gasteiger partial charge in [-0.1, -0.05) is 68.8 Å². The topological polar surface area (TPSA) is 76.1 Å². The molecule has 1 atom stereocenters. The Bertz CT molecular complexity index is 1370. The molecule has 0 aliphatic carbocycles. The molecule has 3 aromatic rings. The molecule has 1 saturated heterocycles. The third-order valence-corrected chi connectivity index (χ3v) is 6.77. The molecule has 1 unspecified atom stereocenters. The van der Waals surface area contributed by atoms with Gasteiger partial charge in [0.25, 0.3) is 11.7 Å². The van der Waals surface area contributed by atoms with Gasteiger partial charge in [0.2, 0.25) is 0 Å². The molecule has 1 heterocycles. The molecule has 1 aliphatic rings. The number of aliphatic hydroxyl groups is 1. The van der Waals surface area contributed by atoms with E-state index in [1.807, 2.05) is 48.5 Å². The highest BCUT2D eigenvalue weighted by molar-refractivity contribution is 6.46. The zero-order valence-electron chi connectivity index (χ0n) is 21.5. The first-order valence-corrected chi connectivity index (χ1v) is 12.3. The van der Waals surface area contributed by atoms with E-state index in [1.54, 1.807) is 19.2 Å². The summed E-state index contributed by atoms with van der Waals surface area (Å²) in [4.78, 5) is 28.3. The van der Waals surface area contributed by atoms with Gasteiger partial charge in [0.1, 0.15) is 17.3 Å². The zero-order valence-corrected chi connectivity index (χ0v) is 22.3. The molecule has 0 spiro atoms. The van der Waals surface area contributed by atoms with Crippen LogP contribution < -0.4 is 9.47 Å². The van der Waals surface area contributed by atoms with Gasteiger partial charge in [-0.25, -0.2) is 0 Å². The third-order valence-electron chi connectivity index (χ3n) is 6.54. The van der Waals surface area contributed by atoms with Crippen molar-refractivity contribution in [3.63, 3.8) is 0 Å². The molecule has 1 aliphatic heterocycles. The van der Waals surface area contributed by atoms with E-state index < -0.39 is 17.7 Å². The average molecular weight is 520 g/mol. The Hall–Kier alpha value is -3.77. The van der Waals surface area contributed by atoms with Gasteiger partial charge < -0.3 is 19.5 Å². The van der Waals surface area contributed by atoms with Gasteiger partial charge in [0.05, 0.1) is 31.4 Å². The van der Waals surface area contributed by atoms with Gasteiger partial charge in [-0.2, -0.15) is 0 Å². The van der Waals surface area contributed by atoms with Crippen LogP contribution in [0.4, 0.5) is 0 Å². The van der Waals surface area contributed by atoms with E-state index in [-0.39, 0.29) is 28.9 Å². The molecule has 1 N–H and O–H groups in total. The predicted molar refractivity (Wildman–Crippen MR) is 144 cm³/mol. The third kappa shape index (κ3) is 5.20. The van der Waals surface area contributed by atoms with E-state index in [0.29, 0.717) is 22.1 Å². The number of carbonyl (C=O) groups is 2. The Morgan fingerprint density at radius 2 is 1.68 bits per heavy atom. The number of nitrogens with zero attached hydrogens (tertiary/aromatic N) is 1. The highest BCUT2D eigenvalue weighted by atomic mass is 35.5. The number of aliphatic hydroxyl groups excluding tert-OH is 1. The van der Waals surface area contributed by atoms with E-state index in [9.17, 15) is 14.7 Å². The Labute approximate surface area is 222 Å². The summed E-state index contributed by atoms with van der Waals surface area (Å²) < 4.78 is 10.7. The van der Waals surface area contributed by atoms with Gasteiger partial charge in [0, 0.05) is 11.6 Å². The minimum Gasteiger partial charge on any atom is -0.507 e. The minimum atomic E-state index is -0.816. The van der Waals surface area contributed by atoms with Crippen molar-refractivity contribution >= 4 is 29.1 Å². The van der Waals surface area contributed by atoms with Crippen molar-refractivity contribution < 1.29 is 24.2 Å². The number of likely N-dealkylation sites (tertiary alicyclic amines) is 1. The number of hydrogen-bond acceptors (Lipinski definition) is 5. The number of rotatable bonds is 6. The highest BCUT2D eigenvalue weighted by Crippen LogP contribution is 2.42. The number of halogens is 1. The summed E-state index contributed by atoms with van der Waals surface area (Å²) in [6, 6.07) is 19.0. The molecule has 0 bridgehead atoms. The smallest absolute Gasteiger partial charge is 0.295 e. The Morgan fingerprint density at radius 3 is 2.30 bits per heavy atom. The number of ether oxygens (including phenoxy) is 2. The molecular weight excluding hydrogens is 490 g/mol. The molecule has 192 valence electrons. The Balaban J connectivity index is 1.90. The predicted octanol–water partition coefficient (Wildman–Crippen LogP) is 6.28. The van der Waals surface area contributed by atoms with E-state index in [1.165, 1.54) is 18.1 Å². The second-order valence-corrected chi connectivity index (χ2v) is 10.4. The van der Waals surface area contributed by atoms with Gasteiger partial charge in [-0.05, 0) is 52.4 Å². The van der Waals surface area contributed by atoms with Gasteiger partial charge >= 0.3 is 0 Å². The van der Waals surface area contributed by atoms with Crippen LogP contribution in [0.3, 0.4) is 0 Å². The van der Waals surface area contributed by atoms with E-state index in [2.05, 4.69) is 20.8 Å². The van der Waals surface area contributed by atoms with Crippen LogP contribution in [0.25, 0.3) is 5.76 Å². The summed E-state index contributed by atoms with van der Waals surface area (Å²) in [5.74, 6) is -0.829. The maximum absolute atomic E-state index is 13.4. The second kappa shape index (κ2) is 10.3. The molecule has 0 saturated carbocycles. The van der Waals surface area contributed by atoms with Crippen molar-refractivity contribution in [2.45, 2.75) is 38.8 Å². The first-order valence-electron chi connectivity index (χ1n) is 11.9. The molecule has 3 aromatic carbocycles. The molecular formula is C30H30ClNO5. The Morgan fingerprint density at radius 1 is 0.973 bits per heavy atom. The molecule has 7 heteroatoms. The molecule has 37 heavy (non-hydrogen) atoms. The monoisotopic (exact) mass is 519 g/mol. The molecule has 1 fully saturated rings. The molecule has 4 rings (SSSR count). The summed E-state index contributed by atoms with van der Waals surface area (Å²) >= 11 is 6.20. The van der Waals surface area contributed by atoms with E-state index >= 15 is 0 Å². The zero-order chi connectivity index (χ0) is 26.9. The van der Waals surface area contributed by atoms with Gasteiger partial charge in [0.15, 0.2) is 0 Å². The van der Waals surface area contributed by atoms with Crippen LogP contribution >= 0.6 is 11.6 Å². The number of benzene rings is 3. The highest BCUT2D eigenvalue weighted by Gasteiger charge is 2.46. The average Bonchev–Trinajstić information content (AvgIpc) is 3.12. The van der Waals surface area contributed by atoms with Gasteiger partial charge in [-0.3, -0.25) is 9.59 Å². The van der Waals surface area contributed by atoms with Crippen LogP contribution in [-0.4, -0.2) is 35.9 Å². The lowest BCUT2D eigenvalue weighted by atomic mass is 9.85. The van der Waals surface area contributed by atoms with Crippen LogP contribution in [0, 0.1) is 0 Å². The lowest BCUT2D eigenvalue weighted by Gasteiger charge is -2.27. The number of methoxy groups -OCH3 is 2. The SMILES string of the molecule is COc1cccc(CN2C(=O)C(=O)/C(=C(/O)c3cc(Cl)ccc3OC)C2c2ccc(C(C)(C)C)cc2)c1. The standard InChI is InChI=1S/C30H30ClNO5/c1-30(2,3)20-11-9-19(10-12-20)26-25(27(33)23-16-21(31)13-14-24(23)37-5)28(34)29(35)32(26)17-18-7-6-8-22(15-18)36-4/h6-16,26,33H,17H2,1-5H3/b27-25+.